The maximum atomic E-state index is 6.39. The van der Waals surface area contributed by atoms with E-state index in [2.05, 4.69) is 36.4 Å². The molecule has 21 heavy (non-hydrogen) atoms. The molecule has 0 aliphatic heterocycles. The summed E-state index contributed by atoms with van der Waals surface area (Å²) in [4.78, 5) is 2.82. The summed E-state index contributed by atoms with van der Waals surface area (Å²) in [7, 11) is 1.90. The Labute approximate surface area is 136 Å². The third kappa shape index (κ3) is 3.87. The molecule has 2 rings (SSSR count). The van der Waals surface area contributed by atoms with Crippen molar-refractivity contribution in [3.63, 3.8) is 0 Å². The summed E-state index contributed by atoms with van der Waals surface area (Å²) in [5, 5.41) is 8.82. The third-order valence-electron chi connectivity index (χ3n) is 3.69. The fourth-order valence-corrected chi connectivity index (χ4v) is 3.75. The number of rotatable bonds is 7. The highest BCUT2D eigenvalue weighted by Gasteiger charge is 2.19. The first-order chi connectivity index (χ1) is 10.1. The molecule has 0 fully saturated rings. The first kappa shape index (κ1) is 16.5. The fraction of sp³-hybridized carbons (Fsp3) is 0.562. The van der Waals surface area contributed by atoms with Crippen LogP contribution in [0.4, 0.5) is 0 Å². The Bertz CT molecular complexity index is 588. The van der Waals surface area contributed by atoms with Crippen LogP contribution in [0.15, 0.2) is 12.1 Å². The lowest BCUT2D eigenvalue weighted by atomic mass is 10.1. The van der Waals surface area contributed by atoms with Gasteiger partial charge in [-0.15, -0.1) is 11.3 Å². The minimum absolute atomic E-state index is 0.315. The van der Waals surface area contributed by atoms with Gasteiger partial charge in [0.15, 0.2) is 0 Å². The van der Waals surface area contributed by atoms with Crippen LogP contribution in [0.5, 0.6) is 0 Å². The summed E-state index contributed by atoms with van der Waals surface area (Å²) in [5.74, 6) is 0. The van der Waals surface area contributed by atoms with Crippen molar-refractivity contribution in [2.45, 2.75) is 46.1 Å². The first-order valence-corrected chi connectivity index (χ1v) is 8.76. The lowest BCUT2D eigenvalue weighted by Gasteiger charge is -2.17. The Balaban J connectivity index is 2.23. The van der Waals surface area contributed by atoms with Crippen molar-refractivity contribution in [3.8, 4) is 0 Å². The van der Waals surface area contributed by atoms with E-state index in [1.807, 2.05) is 25.3 Å². The first-order valence-electron chi connectivity index (χ1n) is 7.56. The molecular weight excluding hydrogens is 302 g/mol. The van der Waals surface area contributed by atoms with Crippen molar-refractivity contribution in [2.24, 2.45) is 7.05 Å². The predicted octanol–water partition coefficient (Wildman–Crippen LogP) is 4.29. The third-order valence-corrected chi connectivity index (χ3v) is 5.51. The van der Waals surface area contributed by atoms with E-state index in [0.29, 0.717) is 6.04 Å². The second-order valence-corrected chi connectivity index (χ2v) is 6.90. The fourth-order valence-electron chi connectivity index (χ4n) is 2.47. The molecule has 2 aromatic heterocycles. The van der Waals surface area contributed by atoms with E-state index < -0.39 is 0 Å². The molecule has 1 atom stereocenters. The van der Waals surface area contributed by atoms with E-state index in [0.717, 1.165) is 42.2 Å². The Morgan fingerprint density at radius 3 is 2.67 bits per heavy atom. The van der Waals surface area contributed by atoms with Crippen LogP contribution >= 0.6 is 22.9 Å². The van der Waals surface area contributed by atoms with Gasteiger partial charge in [0.05, 0.1) is 5.69 Å². The molecule has 116 valence electrons. The molecule has 0 aliphatic carbocycles. The SMILES string of the molecule is CCCNC(Cc1c(C)nn(C)c1Cl)c1ccc(CC)s1. The molecule has 1 unspecified atom stereocenters. The molecule has 0 bridgehead atoms. The van der Waals surface area contributed by atoms with Crippen LogP contribution in [0.3, 0.4) is 0 Å². The molecule has 2 aromatic rings. The summed E-state index contributed by atoms with van der Waals surface area (Å²) in [6.07, 6.45) is 3.11. The Kier molecular flexibility index (Phi) is 5.85. The van der Waals surface area contributed by atoms with Crippen LogP contribution < -0.4 is 5.32 Å². The molecule has 3 nitrogen and oxygen atoms in total. The number of thiophene rings is 1. The topological polar surface area (TPSA) is 29.9 Å². The Hall–Kier alpha value is -0.840. The number of aryl methyl sites for hydroxylation is 3. The van der Waals surface area contributed by atoms with E-state index in [-0.39, 0.29) is 0 Å². The van der Waals surface area contributed by atoms with Crippen LogP contribution in [0.1, 0.15) is 47.3 Å². The number of aromatic nitrogens is 2. The monoisotopic (exact) mass is 325 g/mol. The molecule has 0 spiro atoms. The highest BCUT2D eigenvalue weighted by molar-refractivity contribution is 7.12. The highest BCUT2D eigenvalue weighted by Crippen LogP contribution is 2.30. The van der Waals surface area contributed by atoms with Gasteiger partial charge >= 0.3 is 0 Å². The number of hydrogen-bond acceptors (Lipinski definition) is 3. The molecule has 0 amide bonds. The molecule has 1 N–H and O–H groups in total. The molecule has 0 saturated carbocycles. The molecule has 0 aliphatic rings. The van der Waals surface area contributed by atoms with Gasteiger partial charge in [0.2, 0.25) is 0 Å². The summed E-state index contributed by atoms with van der Waals surface area (Å²) >= 11 is 8.28. The molecular formula is C16H24ClN3S. The molecule has 0 aromatic carbocycles. The summed E-state index contributed by atoms with van der Waals surface area (Å²) in [6, 6.07) is 4.80. The number of nitrogens with zero attached hydrogens (tertiary/aromatic N) is 2. The lowest BCUT2D eigenvalue weighted by molar-refractivity contribution is 0.535. The van der Waals surface area contributed by atoms with E-state index >= 15 is 0 Å². The largest absolute Gasteiger partial charge is 0.309 e. The lowest BCUT2D eigenvalue weighted by Crippen LogP contribution is -2.23. The van der Waals surface area contributed by atoms with Crippen LogP contribution in [-0.4, -0.2) is 16.3 Å². The smallest absolute Gasteiger partial charge is 0.130 e. The van der Waals surface area contributed by atoms with Crippen molar-refractivity contribution < 1.29 is 0 Å². The van der Waals surface area contributed by atoms with E-state index in [9.17, 15) is 0 Å². The van der Waals surface area contributed by atoms with Gasteiger partial charge in [0, 0.05) is 28.4 Å². The normalized spacial score (nSPS) is 12.8. The standard InChI is InChI=1S/C16H24ClN3S/c1-5-9-18-14(15-8-7-12(6-2)21-15)10-13-11(3)19-20(4)16(13)17/h7-8,14,18H,5-6,9-10H2,1-4H3. The van der Waals surface area contributed by atoms with Gasteiger partial charge in [-0.25, -0.2) is 0 Å². The second kappa shape index (κ2) is 7.43. The summed E-state index contributed by atoms with van der Waals surface area (Å²) in [6.45, 7) is 7.44. The van der Waals surface area contributed by atoms with Gasteiger partial charge < -0.3 is 5.32 Å². The molecule has 0 radical (unpaired) electrons. The number of nitrogens with one attached hydrogen (secondary N) is 1. The zero-order chi connectivity index (χ0) is 15.4. The zero-order valence-corrected chi connectivity index (χ0v) is 14.8. The van der Waals surface area contributed by atoms with Crippen LogP contribution in [-0.2, 0) is 19.9 Å². The summed E-state index contributed by atoms with van der Waals surface area (Å²) < 4.78 is 1.76. The van der Waals surface area contributed by atoms with E-state index in [1.54, 1.807) is 4.68 Å². The predicted molar refractivity (Wildman–Crippen MR) is 91.4 cm³/mol. The maximum Gasteiger partial charge on any atom is 0.130 e. The van der Waals surface area contributed by atoms with Gasteiger partial charge in [-0.2, -0.15) is 5.10 Å². The number of hydrogen-bond donors (Lipinski definition) is 1. The van der Waals surface area contributed by atoms with E-state index in [1.165, 1.54) is 9.75 Å². The summed E-state index contributed by atoms with van der Waals surface area (Å²) in [5.41, 5.74) is 2.18. The van der Waals surface area contributed by atoms with Crippen molar-refractivity contribution in [2.75, 3.05) is 6.54 Å². The minimum Gasteiger partial charge on any atom is -0.309 e. The Morgan fingerprint density at radius 1 is 1.38 bits per heavy atom. The average molecular weight is 326 g/mol. The number of halogens is 1. The van der Waals surface area contributed by atoms with Crippen molar-refractivity contribution in [1.82, 2.24) is 15.1 Å². The van der Waals surface area contributed by atoms with Crippen LogP contribution in [0.25, 0.3) is 0 Å². The highest BCUT2D eigenvalue weighted by atomic mass is 35.5. The van der Waals surface area contributed by atoms with Gasteiger partial charge in [-0.1, -0.05) is 25.4 Å². The molecule has 2 heterocycles. The Morgan fingerprint density at radius 2 is 2.14 bits per heavy atom. The van der Waals surface area contributed by atoms with E-state index in [4.69, 9.17) is 11.6 Å². The van der Waals surface area contributed by atoms with Crippen molar-refractivity contribution in [3.05, 3.63) is 38.3 Å². The zero-order valence-electron chi connectivity index (χ0n) is 13.2. The van der Waals surface area contributed by atoms with Crippen LogP contribution in [0, 0.1) is 6.92 Å². The second-order valence-electron chi connectivity index (χ2n) is 5.35. The van der Waals surface area contributed by atoms with Gasteiger partial charge in [-0.05, 0) is 44.9 Å². The van der Waals surface area contributed by atoms with Gasteiger partial charge in [-0.3, -0.25) is 4.68 Å². The van der Waals surface area contributed by atoms with Crippen molar-refractivity contribution >= 4 is 22.9 Å². The quantitative estimate of drug-likeness (QED) is 0.823. The van der Waals surface area contributed by atoms with Gasteiger partial charge in [0.1, 0.15) is 5.15 Å². The minimum atomic E-state index is 0.315. The molecule has 0 saturated heterocycles. The van der Waals surface area contributed by atoms with Crippen molar-refractivity contribution in [1.29, 1.82) is 0 Å². The average Bonchev–Trinajstić information content (AvgIpc) is 3.03. The maximum absolute atomic E-state index is 6.39. The van der Waals surface area contributed by atoms with Gasteiger partial charge in [0.25, 0.3) is 0 Å². The molecule has 5 heteroatoms. The van der Waals surface area contributed by atoms with Crippen LogP contribution in [0.2, 0.25) is 5.15 Å².